The minimum atomic E-state index is -5.08. The van der Waals surface area contributed by atoms with Crippen molar-refractivity contribution >= 4 is 29.2 Å². The van der Waals surface area contributed by atoms with E-state index in [2.05, 4.69) is 27.1 Å². The Morgan fingerprint density at radius 3 is 2.49 bits per heavy atom. The normalized spacial score (nSPS) is 15.1. The van der Waals surface area contributed by atoms with E-state index in [0.717, 1.165) is 42.2 Å². The Labute approximate surface area is 225 Å². The molecular weight excluding hydrogens is 541 g/mol. The molecule has 1 unspecified atom stereocenters. The van der Waals surface area contributed by atoms with Gasteiger partial charge in [-0.2, -0.15) is 13.2 Å². The minimum absolute atomic E-state index is 0.106. The lowest BCUT2D eigenvalue weighted by atomic mass is 10.1. The van der Waals surface area contributed by atoms with Gasteiger partial charge in [0.15, 0.2) is 0 Å². The summed E-state index contributed by atoms with van der Waals surface area (Å²) in [5.41, 5.74) is 2.38. The third kappa shape index (κ3) is 8.85. The molecule has 11 nitrogen and oxygen atoms in total. The number of amides is 1. The molecule has 39 heavy (non-hydrogen) atoms. The molecule has 0 saturated carbocycles. The maximum atomic E-state index is 12.8. The third-order valence-corrected chi connectivity index (χ3v) is 6.72. The number of nitrogens with zero attached hydrogens (tertiary/aromatic N) is 6. The highest BCUT2D eigenvalue weighted by Crippen LogP contribution is 2.18. The molecular formula is C24H27F3N6O5S. The average Bonchev–Trinajstić information content (AvgIpc) is 3.50. The number of pyridine rings is 1. The summed E-state index contributed by atoms with van der Waals surface area (Å²) >= 11 is 1.08. The summed E-state index contributed by atoms with van der Waals surface area (Å²) < 4.78 is 33.6. The van der Waals surface area contributed by atoms with Crippen molar-refractivity contribution in [1.82, 2.24) is 29.8 Å². The third-order valence-electron chi connectivity index (χ3n) is 5.80. The number of carboxylic acids is 2. The first-order valence-corrected chi connectivity index (χ1v) is 12.8. The van der Waals surface area contributed by atoms with Crippen LogP contribution in [0.3, 0.4) is 0 Å². The summed E-state index contributed by atoms with van der Waals surface area (Å²) in [6.45, 7) is 6.37. The number of alkyl halides is 3. The van der Waals surface area contributed by atoms with Crippen molar-refractivity contribution in [3.8, 4) is 0 Å². The van der Waals surface area contributed by atoms with Crippen LogP contribution >= 0.6 is 11.3 Å². The number of carboxylic acid groups (broad SMARTS) is 2. The molecule has 3 aromatic rings. The highest BCUT2D eigenvalue weighted by atomic mass is 32.1. The summed E-state index contributed by atoms with van der Waals surface area (Å²) in [6.07, 6.45) is -0.450. The number of hydrogen-bond acceptors (Lipinski definition) is 8. The van der Waals surface area contributed by atoms with Gasteiger partial charge in [-0.05, 0) is 24.6 Å². The fourth-order valence-corrected chi connectivity index (χ4v) is 4.56. The fraction of sp³-hybridized carbons (Fsp3) is 0.417. The summed E-state index contributed by atoms with van der Waals surface area (Å²) in [4.78, 5) is 41.4. The van der Waals surface area contributed by atoms with Crippen LogP contribution in [-0.2, 0) is 17.9 Å². The van der Waals surface area contributed by atoms with E-state index in [-0.39, 0.29) is 16.7 Å². The lowest BCUT2D eigenvalue weighted by molar-refractivity contribution is -0.192. The van der Waals surface area contributed by atoms with Crippen LogP contribution < -0.4 is 0 Å². The minimum Gasteiger partial charge on any atom is -0.477 e. The number of thiophene rings is 1. The maximum Gasteiger partial charge on any atom is 0.490 e. The van der Waals surface area contributed by atoms with E-state index in [1.165, 1.54) is 6.07 Å². The Balaban J connectivity index is 0.000000532. The Bertz CT molecular complexity index is 1270. The van der Waals surface area contributed by atoms with Gasteiger partial charge in [-0.25, -0.2) is 9.59 Å². The van der Waals surface area contributed by atoms with Gasteiger partial charge in [0.05, 0.1) is 17.8 Å². The van der Waals surface area contributed by atoms with E-state index >= 15 is 0 Å². The number of carbonyl (C=O) groups is 3. The van der Waals surface area contributed by atoms with Crippen molar-refractivity contribution in [2.75, 3.05) is 26.2 Å². The zero-order valence-corrected chi connectivity index (χ0v) is 21.7. The van der Waals surface area contributed by atoms with Crippen molar-refractivity contribution in [3.63, 3.8) is 0 Å². The van der Waals surface area contributed by atoms with E-state index < -0.39 is 18.1 Å². The molecule has 0 spiro atoms. The number of rotatable bonds is 7. The lowest BCUT2D eigenvalue weighted by Gasteiger charge is -2.21. The second kappa shape index (κ2) is 13.3. The zero-order chi connectivity index (χ0) is 28.6. The van der Waals surface area contributed by atoms with Crippen molar-refractivity contribution in [2.24, 2.45) is 0 Å². The summed E-state index contributed by atoms with van der Waals surface area (Å²) in [5, 5.41) is 26.4. The second-order valence-electron chi connectivity index (χ2n) is 8.82. The van der Waals surface area contributed by atoms with Gasteiger partial charge in [-0.15, -0.1) is 16.4 Å². The molecule has 4 heterocycles. The first kappa shape index (κ1) is 29.7. The molecule has 15 heteroatoms. The van der Waals surface area contributed by atoms with Gasteiger partial charge in [0.2, 0.25) is 0 Å². The summed E-state index contributed by atoms with van der Waals surface area (Å²) in [7, 11) is 0. The summed E-state index contributed by atoms with van der Waals surface area (Å²) in [6, 6.07) is 7.38. The van der Waals surface area contributed by atoms with Gasteiger partial charge < -0.3 is 15.1 Å². The number of aliphatic carboxylic acids is 1. The Hall–Kier alpha value is -3.85. The summed E-state index contributed by atoms with van der Waals surface area (Å²) in [5.74, 6) is -3.63. The number of hydrogen-bond donors (Lipinski definition) is 2. The van der Waals surface area contributed by atoms with E-state index in [4.69, 9.17) is 15.0 Å². The Morgan fingerprint density at radius 2 is 1.87 bits per heavy atom. The molecule has 0 radical (unpaired) electrons. The molecule has 1 amide bonds. The van der Waals surface area contributed by atoms with Crippen LogP contribution in [0.5, 0.6) is 0 Å². The van der Waals surface area contributed by atoms with Crippen LogP contribution in [0.4, 0.5) is 13.2 Å². The Morgan fingerprint density at radius 1 is 1.13 bits per heavy atom. The molecule has 0 bridgehead atoms. The largest absolute Gasteiger partial charge is 0.490 e. The molecule has 4 rings (SSSR count). The van der Waals surface area contributed by atoms with Crippen LogP contribution in [0.1, 0.15) is 50.7 Å². The van der Waals surface area contributed by atoms with E-state index in [9.17, 15) is 22.8 Å². The average molecular weight is 569 g/mol. The first-order valence-electron chi connectivity index (χ1n) is 11.9. The van der Waals surface area contributed by atoms with Crippen molar-refractivity contribution in [3.05, 3.63) is 63.9 Å². The number of aromatic carboxylic acids is 1. The topological polar surface area (TPSA) is 142 Å². The van der Waals surface area contributed by atoms with Gasteiger partial charge >= 0.3 is 18.1 Å². The van der Waals surface area contributed by atoms with Crippen LogP contribution in [0.25, 0.3) is 0 Å². The Kier molecular flexibility index (Phi) is 10.1. The first-order chi connectivity index (χ1) is 18.4. The number of aromatic nitrogens is 4. The van der Waals surface area contributed by atoms with Gasteiger partial charge in [0.25, 0.3) is 5.91 Å². The van der Waals surface area contributed by atoms with Crippen LogP contribution in [0, 0.1) is 0 Å². The van der Waals surface area contributed by atoms with Crippen molar-refractivity contribution in [2.45, 2.75) is 38.5 Å². The molecule has 3 aromatic heterocycles. The molecule has 1 atom stereocenters. The highest BCUT2D eigenvalue weighted by molar-refractivity contribution is 7.12. The SMILES string of the molecule is CC(Cn1cc(CN2CCCN(C(=O)c3csc(C(=O)O)c3)CC2)nn1)c1ccccn1.O=C(O)C(F)(F)F. The molecule has 210 valence electrons. The van der Waals surface area contributed by atoms with Crippen molar-refractivity contribution in [1.29, 1.82) is 0 Å². The lowest BCUT2D eigenvalue weighted by Crippen LogP contribution is -2.35. The highest BCUT2D eigenvalue weighted by Gasteiger charge is 2.38. The standard InChI is InChI=1S/C22H26N6O3S.C2HF3O2/c1-16(19-5-2-3-6-23-19)12-28-14-18(24-25-28)13-26-7-4-8-27(10-9-26)21(29)17-11-20(22(30)31)32-15-17;3-2(4,5)1(6)7/h2-3,5-6,11,14-16H,4,7-10,12-13H2,1H3,(H,30,31);(H,6,7). The molecule has 2 N–H and O–H groups in total. The molecule has 1 fully saturated rings. The maximum absolute atomic E-state index is 12.8. The van der Waals surface area contributed by atoms with E-state index in [1.54, 1.807) is 16.5 Å². The molecule has 1 aliphatic heterocycles. The van der Waals surface area contributed by atoms with Crippen LogP contribution in [-0.4, -0.2) is 90.2 Å². The number of carbonyl (C=O) groups excluding carboxylic acids is 1. The smallest absolute Gasteiger partial charge is 0.477 e. The predicted molar refractivity (Wildman–Crippen MR) is 133 cm³/mol. The molecule has 1 saturated heterocycles. The van der Waals surface area contributed by atoms with Crippen molar-refractivity contribution < 1.29 is 37.8 Å². The van der Waals surface area contributed by atoms with Gasteiger partial charge in [-0.3, -0.25) is 19.4 Å². The molecule has 1 aliphatic rings. The predicted octanol–water partition coefficient (Wildman–Crippen LogP) is 3.22. The molecule has 0 aliphatic carbocycles. The van der Waals surface area contributed by atoms with E-state index in [1.807, 2.05) is 29.1 Å². The van der Waals surface area contributed by atoms with E-state index in [0.29, 0.717) is 31.7 Å². The van der Waals surface area contributed by atoms with Crippen LogP contribution in [0.2, 0.25) is 0 Å². The van der Waals surface area contributed by atoms with Gasteiger partial charge in [-0.1, -0.05) is 18.2 Å². The number of halogens is 3. The fourth-order valence-electron chi connectivity index (χ4n) is 3.85. The quantitative estimate of drug-likeness (QED) is 0.439. The van der Waals surface area contributed by atoms with Gasteiger partial charge in [0, 0.05) is 62.1 Å². The monoisotopic (exact) mass is 568 g/mol. The van der Waals surface area contributed by atoms with Crippen LogP contribution in [0.15, 0.2) is 42.0 Å². The zero-order valence-electron chi connectivity index (χ0n) is 20.9. The second-order valence-corrected chi connectivity index (χ2v) is 9.73. The van der Waals surface area contributed by atoms with Gasteiger partial charge in [0.1, 0.15) is 4.88 Å². The molecule has 0 aromatic carbocycles.